The first-order valence-electron chi connectivity index (χ1n) is 5.62. The van der Waals surface area contributed by atoms with Gasteiger partial charge in [0, 0.05) is 0 Å². The van der Waals surface area contributed by atoms with E-state index in [1.54, 1.807) is 0 Å². The minimum atomic E-state index is -0.683. The fourth-order valence-electron chi connectivity index (χ4n) is 1.66. The van der Waals surface area contributed by atoms with Crippen LogP contribution < -0.4 is 11.5 Å². The molecular formula is C12H15N5O. The Labute approximate surface area is 105 Å². The van der Waals surface area contributed by atoms with Crippen molar-refractivity contribution in [2.75, 3.05) is 5.73 Å². The maximum absolute atomic E-state index is 11.0. The SMILES string of the molecule is CC(C)c1ccc(-n2nnc(C(N)=O)c2N)cc1. The highest BCUT2D eigenvalue weighted by Gasteiger charge is 2.15. The third-order valence-corrected chi connectivity index (χ3v) is 2.74. The van der Waals surface area contributed by atoms with Gasteiger partial charge in [-0.2, -0.15) is 4.68 Å². The molecule has 0 aliphatic carbocycles. The van der Waals surface area contributed by atoms with Gasteiger partial charge in [-0.1, -0.05) is 31.2 Å². The molecule has 6 heteroatoms. The van der Waals surface area contributed by atoms with E-state index in [0.29, 0.717) is 5.92 Å². The van der Waals surface area contributed by atoms with Crippen molar-refractivity contribution >= 4 is 11.7 Å². The third kappa shape index (κ3) is 2.04. The second-order valence-corrected chi connectivity index (χ2v) is 4.35. The van der Waals surface area contributed by atoms with E-state index in [-0.39, 0.29) is 11.5 Å². The van der Waals surface area contributed by atoms with Gasteiger partial charge in [-0.3, -0.25) is 4.79 Å². The number of nitrogens with two attached hydrogens (primary N) is 2. The molecule has 2 aromatic rings. The van der Waals surface area contributed by atoms with E-state index in [0.717, 1.165) is 5.69 Å². The topological polar surface area (TPSA) is 99.8 Å². The van der Waals surface area contributed by atoms with Gasteiger partial charge in [0.05, 0.1) is 5.69 Å². The Bertz CT molecular complexity index is 571. The summed E-state index contributed by atoms with van der Waals surface area (Å²) in [5.74, 6) is -0.0781. The normalized spacial score (nSPS) is 10.8. The summed E-state index contributed by atoms with van der Waals surface area (Å²) >= 11 is 0. The number of carbonyl (C=O) groups excluding carboxylic acids is 1. The average molecular weight is 245 g/mol. The first-order valence-corrected chi connectivity index (χ1v) is 5.62. The molecular weight excluding hydrogens is 230 g/mol. The van der Waals surface area contributed by atoms with E-state index in [1.165, 1.54) is 10.2 Å². The van der Waals surface area contributed by atoms with Crippen LogP contribution in [0.4, 0.5) is 5.82 Å². The van der Waals surface area contributed by atoms with Crippen molar-refractivity contribution in [2.45, 2.75) is 19.8 Å². The number of benzene rings is 1. The predicted octanol–water partition coefficient (Wildman–Crippen LogP) is 1.07. The number of hydrogen-bond donors (Lipinski definition) is 2. The summed E-state index contributed by atoms with van der Waals surface area (Å²) in [5.41, 5.74) is 12.9. The zero-order chi connectivity index (χ0) is 13.3. The summed E-state index contributed by atoms with van der Waals surface area (Å²) in [6.07, 6.45) is 0. The van der Waals surface area contributed by atoms with Crippen molar-refractivity contribution in [3.05, 3.63) is 35.5 Å². The van der Waals surface area contributed by atoms with Crippen molar-refractivity contribution in [3.63, 3.8) is 0 Å². The second-order valence-electron chi connectivity index (χ2n) is 4.35. The molecule has 0 radical (unpaired) electrons. The Kier molecular flexibility index (Phi) is 3.01. The molecule has 0 saturated carbocycles. The number of amides is 1. The number of rotatable bonds is 3. The lowest BCUT2D eigenvalue weighted by atomic mass is 10.0. The van der Waals surface area contributed by atoms with Crippen LogP contribution in [0.3, 0.4) is 0 Å². The van der Waals surface area contributed by atoms with Gasteiger partial charge >= 0.3 is 0 Å². The minimum absolute atomic E-state index is 0.0112. The van der Waals surface area contributed by atoms with Crippen LogP contribution in [0.15, 0.2) is 24.3 Å². The summed E-state index contributed by atoms with van der Waals surface area (Å²) in [6.45, 7) is 4.23. The fourth-order valence-corrected chi connectivity index (χ4v) is 1.66. The molecule has 1 heterocycles. The van der Waals surface area contributed by atoms with Crippen molar-refractivity contribution in [1.29, 1.82) is 0 Å². The first kappa shape index (κ1) is 12.1. The van der Waals surface area contributed by atoms with Crippen LogP contribution >= 0.6 is 0 Å². The van der Waals surface area contributed by atoms with Gasteiger partial charge in [0.1, 0.15) is 0 Å². The largest absolute Gasteiger partial charge is 0.382 e. The van der Waals surface area contributed by atoms with E-state index in [9.17, 15) is 4.79 Å². The first-order chi connectivity index (χ1) is 8.50. The molecule has 0 fully saturated rings. The van der Waals surface area contributed by atoms with Crippen molar-refractivity contribution in [2.24, 2.45) is 5.73 Å². The Morgan fingerprint density at radius 3 is 2.33 bits per heavy atom. The zero-order valence-electron chi connectivity index (χ0n) is 10.3. The molecule has 2 rings (SSSR count). The van der Waals surface area contributed by atoms with Gasteiger partial charge in [0.25, 0.3) is 5.91 Å². The van der Waals surface area contributed by atoms with Crippen LogP contribution in [0.2, 0.25) is 0 Å². The van der Waals surface area contributed by atoms with Gasteiger partial charge in [-0.15, -0.1) is 5.10 Å². The Morgan fingerprint density at radius 2 is 1.89 bits per heavy atom. The van der Waals surface area contributed by atoms with Gasteiger partial charge in [-0.25, -0.2) is 0 Å². The molecule has 0 aliphatic heterocycles. The number of aromatic nitrogens is 3. The maximum atomic E-state index is 11.0. The third-order valence-electron chi connectivity index (χ3n) is 2.74. The second kappa shape index (κ2) is 4.48. The summed E-state index contributed by atoms with van der Waals surface area (Å²) in [6, 6.07) is 7.74. The standard InChI is InChI=1S/C12H15N5O/c1-7(2)8-3-5-9(6-4-8)17-11(13)10(12(14)18)15-16-17/h3-7H,13H2,1-2H3,(H2,14,18). The Morgan fingerprint density at radius 1 is 1.28 bits per heavy atom. The summed E-state index contributed by atoms with van der Waals surface area (Å²) < 4.78 is 1.39. The molecule has 0 spiro atoms. The Hall–Kier alpha value is -2.37. The van der Waals surface area contributed by atoms with Crippen molar-refractivity contribution < 1.29 is 4.79 Å². The highest BCUT2D eigenvalue weighted by molar-refractivity contribution is 5.95. The maximum Gasteiger partial charge on any atom is 0.273 e. The molecule has 0 bridgehead atoms. The van der Waals surface area contributed by atoms with Gasteiger partial charge < -0.3 is 11.5 Å². The lowest BCUT2D eigenvalue weighted by molar-refractivity contribution is 0.0996. The molecule has 1 amide bonds. The van der Waals surface area contributed by atoms with Crippen LogP contribution in [0.5, 0.6) is 0 Å². The van der Waals surface area contributed by atoms with Crippen LogP contribution in [0, 0.1) is 0 Å². The molecule has 18 heavy (non-hydrogen) atoms. The van der Waals surface area contributed by atoms with Gasteiger partial charge in [0.15, 0.2) is 11.5 Å². The predicted molar refractivity (Wildman–Crippen MR) is 68.4 cm³/mol. The molecule has 0 aliphatic rings. The van der Waals surface area contributed by atoms with E-state index in [4.69, 9.17) is 11.5 Å². The van der Waals surface area contributed by atoms with Crippen LogP contribution in [0.1, 0.15) is 35.8 Å². The molecule has 1 aromatic heterocycles. The molecule has 4 N–H and O–H groups in total. The minimum Gasteiger partial charge on any atom is -0.382 e. The Balaban J connectivity index is 2.40. The van der Waals surface area contributed by atoms with E-state index >= 15 is 0 Å². The summed E-state index contributed by atoms with van der Waals surface area (Å²) in [7, 11) is 0. The lowest BCUT2D eigenvalue weighted by Gasteiger charge is -2.07. The highest BCUT2D eigenvalue weighted by Crippen LogP contribution is 2.19. The highest BCUT2D eigenvalue weighted by atomic mass is 16.1. The number of nitrogens with zero attached hydrogens (tertiary/aromatic N) is 3. The zero-order valence-corrected chi connectivity index (χ0v) is 10.3. The fraction of sp³-hybridized carbons (Fsp3) is 0.250. The average Bonchev–Trinajstić information content (AvgIpc) is 2.71. The number of anilines is 1. The van der Waals surface area contributed by atoms with Crippen LogP contribution in [0.25, 0.3) is 5.69 Å². The van der Waals surface area contributed by atoms with Crippen LogP contribution in [-0.2, 0) is 0 Å². The molecule has 0 saturated heterocycles. The number of nitrogen functional groups attached to an aromatic ring is 1. The smallest absolute Gasteiger partial charge is 0.273 e. The molecule has 1 aromatic carbocycles. The molecule has 0 atom stereocenters. The van der Waals surface area contributed by atoms with Gasteiger partial charge in [-0.05, 0) is 23.6 Å². The van der Waals surface area contributed by atoms with Crippen molar-refractivity contribution in [3.8, 4) is 5.69 Å². The lowest BCUT2D eigenvalue weighted by Crippen LogP contribution is -2.14. The summed E-state index contributed by atoms with van der Waals surface area (Å²) in [4.78, 5) is 11.0. The van der Waals surface area contributed by atoms with E-state index in [2.05, 4.69) is 24.2 Å². The van der Waals surface area contributed by atoms with Gasteiger partial charge in [0.2, 0.25) is 0 Å². The van der Waals surface area contributed by atoms with Crippen molar-refractivity contribution in [1.82, 2.24) is 15.0 Å². The summed E-state index contributed by atoms with van der Waals surface area (Å²) in [5, 5.41) is 7.49. The molecule has 6 nitrogen and oxygen atoms in total. The van der Waals surface area contributed by atoms with Crippen LogP contribution in [-0.4, -0.2) is 20.9 Å². The van der Waals surface area contributed by atoms with E-state index < -0.39 is 5.91 Å². The number of primary amides is 1. The quantitative estimate of drug-likeness (QED) is 0.844. The van der Waals surface area contributed by atoms with E-state index in [1.807, 2.05) is 24.3 Å². The molecule has 94 valence electrons. The number of carbonyl (C=O) groups is 1. The molecule has 0 unspecified atom stereocenters. The monoisotopic (exact) mass is 245 g/mol. The number of hydrogen-bond acceptors (Lipinski definition) is 4.